The molecule has 0 aliphatic carbocycles. The van der Waals surface area contributed by atoms with Crippen LogP contribution in [0.15, 0.2) is 48.0 Å². The fourth-order valence-corrected chi connectivity index (χ4v) is 3.70. The first-order chi connectivity index (χ1) is 12.5. The van der Waals surface area contributed by atoms with Crippen molar-refractivity contribution in [3.05, 3.63) is 58.6 Å². The molecule has 6 nitrogen and oxygen atoms in total. The molecular weight excluding hydrogens is 368 g/mol. The number of carbonyl (C=O) groups is 2. The highest BCUT2D eigenvalue weighted by Crippen LogP contribution is 2.29. The fourth-order valence-electron chi connectivity index (χ4n) is 2.18. The maximum absolute atomic E-state index is 12.0. The van der Waals surface area contributed by atoms with Crippen molar-refractivity contribution in [3.8, 4) is 0 Å². The molecule has 1 aromatic carbocycles. The van der Waals surface area contributed by atoms with Gasteiger partial charge in [0.15, 0.2) is 10.3 Å². The Morgan fingerprint density at radius 3 is 2.65 bits per heavy atom. The summed E-state index contributed by atoms with van der Waals surface area (Å²) in [5.74, 6) is -0.404. The minimum atomic E-state index is -0.277. The third-order valence-corrected chi connectivity index (χ3v) is 4.96. The monoisotopic (exact) mass is 384 g/mol. The third-order valence-electron chi connectivity index (χ3n) is 3.29. The van der Waals surface area contributed by atoms with Crippen molar-refractivity contribution in [2.75, 3.05) is 10.2 Å². The summed E-state index contributed by atoms with van der Waals surface area (Å²) in [6, 6.07) is 9.32. The molecule has 1 N–H and O–H groups in total. The number of anilines is 3. The average Bonchev–Trinajstić information content (AvgIpc) is 3.23. The van der Waals surface area contributed by atoms with E-state index in [1.165, 1.54) is 35.7 Å². The number of amides is 2. The molecule has 0 saturated carbocycles. The molecule has 0 spiro atoms. The van der Waals surface area contributed by atoms with Gasteiger partial charge in [-0.15, -0.1) is 22.7 Å². The number of hydrogen-bond donors (Lipinski definition) is 1. The number of nitrogens with one attached hydrogen (secondary N) is 1. The second-order valence-corrected chi connectivity index (χ2v) is 7.41. The van der Waals surface area contributed by atoms with Crippen molar-refractivity contribution in [1.29, 1.82) is 0 Å². The van der Waals surface area contributed by atoms with E-state index in [1.807, 2.05) is 37.3 Å². The Balaban J connectivity index is 1.72. The van der Waals surface area contributed by atoms with Gasteiger partial charge in [-0.3, -0.25) is 19.8 Å². The number of benzene rings is 1. The van der Waals surface area contributed by atoms with Gasteiger partial charge in [-0.25, -0.2) is 9.97 Å². The summed E-state index contributed by atoms with van der Waals surface area (Å²) in [5, 5.41) is 5.61. The first kappa shape index (κ1) is 18.0. The van der Waals surface area contributed by atoms with Gasteiger partial charge in [0, 0.05) is 29.5 Å². The molecule has 8 heteroatoms. The van der Waals surface area contributed by atoms with Gasteiger partial charge in [0.05, 0.1) is 11.4 Å². The van der Waals surface area contributed by atoms with Crippen molar-refractivity contribution in [2.45, 2.75) is 13.8 Å². The molecule has 0 unspecified atom stereocenters. The van der Waals surface area contributed by atoms with Gasteiger partial charge >= 0.3 is 0 Å². The largest absolute Gasteiger partial charge is 0.298 e. The molecule has 0 saturated heterocycles. The molecule has 3 aromatic rings. The van der Waals surface area contributed by atoms with E-state index in [0.29, 0.717) is 16.0 Å². The molecule has 2 aromatic heterocycles. The van der Waals surface area contributed by atoms with Crippen LogP contribution in [0.5, 0.6) is 0 Å². The van der Waals surface area contributed by atoms with Crippen molar-refractivity contribution in [1.82, 2.24) is 9.97 Å². The van der Waals surface area contributed by atoms with Crippen LogP contribution < -0.4 is 10.2 Å². The van der Waals surface area contributed by atoms with Gasteiger partial charge in [-0.2, -0.15) is 0 Å². The van der Waals surface area contributed by atoms with Crippen LogP contribution in [-0.4, -0.2) is 21.8 Å². The summed E-state index contributed by atoms with van der Waals surface area (Å²) in [5.41, 5.74) is 1.36. The highest BCUT2D eigenvalue weighted by Gasteiger charge is 2.17. The van der Waals surface area contributed by atoms with Gasteiger partial charge in [-0.05, 0) is 25.1 Å². The highest BCUT2D eigenvalue weighted by atomic mass is 32.1. The Kier molecular flexibility index (Phi) is 5.55. The van der Waals surface area contributed by atoms with Crippen LogP contribution in [-0.2, 0) is 9.59 Å². The van der Waals surface area contributed by atoms with Crippen molar-refractivity contribution < 1.29 is 9.59 Å². The molecule has 3 rings (SSSR count). The molecular formula is C18H16N4O2S2. The predicted octanol–water partition coefficient (Wildman–Crippen LogP) is 4.24. The summed E-state index contributed by atoms with van der Waals surface area (Å²) in [6.45, 7) is 3.42. The van der Waals surface area contributed by atoms with Crippen LogP contribution in [0.3, 0.4) is 0 Å². The maximum atomic E-state index is 12.0. The van der Waals surface area contributed by atoms with Crippen molar-refractivity contribution in [3.63, 3.8) is 0 Å². The summed E-state index contributed by atoms with van der Waals surface area (Å²) in [4.78, 5) is 35.1. The number of hydrogen-bond acceptors (Lipinski definition) is 6. The first-order valence-corrected chi connectivity index (χ1v) is 9.45. The summed E-state index contributed by atoms with van der Waals surface area (Å²) in [6.07, 6.45) is 4.71. The molecule has 0 bridgehead atoms. The molecule has 0 atom stereocenters. The Labute approximate surface area is 158 Å². The first-order valence-electron chi connectivity index (χ1n) is 7.75. The van der Waals surface area contributed by atoms with E-state index in [9.17, 15) is 9.59 Å². The summed E-state index contributed by atoms with van der Waals surface area (Å²) < 4.78 is 0. The van der Waals surface area contributed by atoms with E-state index in [2.05, 4.69) is 15.3 Å². The van der Waals surface area contributed by atoms with Crippen molar-refractivity contribution >= 4 is 56.5 Å². The quantitative estimate of drug-likeness (QED) is 0.668. The molecule has 0 aliphatic heterocycles. The number of carbonyl (C=O) groups excluding carboxylic acids is 2. The minimum absolute atomic E-state index is 0.127. The van der Waals surface area contributed by atoms with Gasteiger partial charge in [0.1, 0.15) is 0 Å². The lowest BCUT2D eigenvalue weighted by Gasteiger charge is -2.17. The van der Waals surface area contributed by atoms with Crippen LogP contribution in [0.25, 0.3) is 6.08 Å². The van der Waals surface area contributed by atoms with E-state index in [0.717, 1.165) is 10.6 Å². The Hall–Kier alpha value is -2.84. The Morgan fingerprint density at radius 1 is 1.23 bits per heavy atom. The van der Waals surface area contributed by atoms with E-state index >= 15 is 0 Å². The third kappa shape index (κ3) is 4.41. The van der Waals surface area contributed by atoms with Crippen LogP contribution in [0, 0.1) is 6.92 Å². The van der Waals surface area contributed by atoms with Crippen LogP contribution in [0.2, 0.25) is 0 Å². The number of thiazole rings is 2. The lowest BCUT2D eigenvalue weighted by molar-refractivity contribution is -0.116. The second kappa shape index (κ2) is 8.03. The number of para-hydroxylation sites is 1. The average molecular weight is 384 g/mol. The van der Waals surface area contributed by atoms with Crippen LogP contribution in [0.4, 0.5) is 16.0 Å². The van der Waals surface area contributed by atoms with Gasteiger partial charge < -0.3 is 0 Å². The van der Waals surface area contributed by atoms with E-state index in [4.69, 9.17) is 0 Å². The van der Waals surface area contributed by atoms with Gasteiger partial charge in [0.25, 0.3) is 0 Å². The van der Waals surface area contributed by atoms with E-state index in [1.54, 1.807) is 22.6 Å². The molecule has 0 radical (unpaired) electrons. The second-order valence-electron chi connectivity index (χ2n) is 5.34. The molecule has 0 fully saturated rings. The number of aryl methyl sites for hydroxylation is 1. The molecule has 2 heterocycles. The van der Waals surface area contributed by atoms with Gasteiger partial charge in [-0.1, -0.05) is 18.2 Å². The number of rotatable bonds is 5. The molecule has 132 valence electrons. The van der Waals surface area contributed by atoms with E-state index in [-0.39, 0.29) is 11.8 Å². The summed E-state index contributed by atoms with van der Waals surface area (Å²) in [7, 11) is 0. The lowest BCUT2D eigenvalue weighted by atomic mass is 10.3. The normalized spacial score (nSPS) is 10.8. The van der Waals surface area contributed by atoms with E-state index < -0.39 is 0 Å². The highest BCUT2D eigenvalue weighted by molar-refractivity contribution is 7.15. The standard InChI is InChI=1S/C18H16N4O2S2/c1-12-10-19-17(26-12)21-16(24)9-8-14-11-25-18(20-14)22(13(2)23)15-6-4-3-5-7-15/h3-11H,1-2H3,(H,19,21,24). The smallest absolute Gasteiger partial charge is 0.250 e. The number of nitrogens with zero attached hydrogens (tertiary/aromatic N) is 3. The van der Waals surface area contributed by atoms with Crippen molar-refractivity contribution in [2.24, 2.45) is 0 Å². The Morgan fingerprint density at radius 2 is 2.00 bits per heavy atom. The lowest BCUT2D eigenvalue weighted by Crippen LogP contribution is -2.22. The molecule has 0 aliphatic rings. The summed E-state index contributed by atoms with van der Waals surface area (Å²) >= 11 is 2.75. The topological polar surface area (TPSA) is 75.2 Å². The maximum Gasteiger partial charge on any atom is 0.250 e. The SMILES string of the molecule is CC(=O)N(c1ccccc1)c1nc(C=CC(=O)Nc2ncc(C)s2)cs1. The molecule has 26 heavy (non-hydrogen) atoms. The minimum Gasteiger partial charge on any atom is -0.298 e. The van der Waals surface area contributed by atoms with Crippen LogP contribution in [0.1, 0.15) is 17.5 Å². The predicted molar refractivity (Wildman–Crippen MR) is 106 cm³/mol. The fraction of sp³-hybridized carbons (Fsp3) is 0.111. The molecule has 2 amide bonds. The zero-order valence-electron chi connectivity index (χ0n) is 14.2. The zero-order valence-corrected chi connectivity index (χ0v) is 15.8. The van der Waals surface area contributed by atoms with Crippen LogP contribution >= 0.6 is 22.7 Å². The zero-order chi connectivity index (χ0) is 18.5. The number of aromatic nitrogens is 2. The van der Waals surface area contributed by atoms with Gasteiger partial charge in [0.2, 0.25) is 11.8 Å². The Bertz CT molecular complexity index is 947.